The molecule has 0 atom stereocenters. The fraction of sp³-hybridized carbons (Fsp3) is 0.286. The number of aryl methyl sites for hydroxylation is 2. The number of carbonyl (C=O) groups is 1. The van der Waals surface area contributed by atoms with Gasteiger partial charge < -0.3 is 4.57 Å². The minimum absolute atomic E-state index is 0.00421. The van der Waals surface area contributed by atoms with Gasteiger partial charge in [-0.3, -0.25) is 9.59 Å². The summed E-state index contributed by atoms with van der Waals surface area (Å²) in [6, 6.07) is 1.78. The molecule has 0 fully saturated rings. The lowest BCUT2D eigenvalue weighted by atomic mass is 10.0. The number of rotatable bonds is 2. The third-order valence-corrected chi connectivity index (χ3v) is 3.31. The van der Waals surface area contributed by atoms with E-state index in [9.17, 15) is 14.0 Å². The number of nitrogens with zero attached hydrogens (tertiary/aromatic N) is 1. The molecule has 3 nitrogen and oxygen atoms in total. The molecule has 2 aromatic rings. The average Bonchev–Trinajstić information content (AvgIpc) is 2.36. The molecule has 0 bridgehead atoms. The van der Waals surface area contributed by atoms with Crippen molar-refractivity contribution in [1.82, 2.24) is 4.57 Å². The Morgan fingerprint density at radius 2 is 2.06 bits per heavy atom. The predicted octanol–water partition coefficient (Wildman–Crippen LogP) is 2.59. The van der Waals surface area contributed by atoms with Crippen molar-refractivity contribution in [1.29, 1.82) is 0 Å². The van der Waals surface area contributed by atoms with Crippen LogP contribution in [0.5, 0.6) is 0 Å². The summed E-state index contributed by atoms with van der Waals surface area (Å²) >= 11 is 0. The molecule has 1 aromatic heterocycles. The maximum absolute atomic E-state index is 14.2. The molecular weight excluding hydrogens is 233 g/mol. The van der Waals surface area contributed by atoms with Crippen molar-refractivity contribution in [2.75, 3.05) is 0 Å². The quantitative estimate of drug-likeness (QED) is 0.765. The number of pyridine rings is 1. The molecule has 0 saturated carbocycles. The van der Waals surface area contributed by atoms with Crippen LogP contribution in [0.25, 0.3) is 10.9 Å². The SMILES string of the molecule is CCn1cc(C=O)c(=O)c2c(F)c(C)c(C)cc21. The Labute approximate surface area is 104 Å². The van der Waals surface area contributed by atoms with E-state index in [2.05, 4.69) is 0 Å². The largest absolute Gasteiger partial charge is 0.347 e. The molecule has 94 valence electrons. The molecule has 18 heavy (non-hydrogen) atoms. The molecule has 0 aliphatic carbocycles. The highest BCUT2D eigenvalue weighted by atomic mass is 19.1. The number of benzene rings is 1. The van der Waals surface area contributed by atoms with Crippen molar-refractivity contribution < 1.29 is 9.18 Å². The Morgan fingerprint density at radius 3 is 2.61 bits per heavy atom. The summed E-state index contributed by atoms with van der Waals surface area (Å²) in [5, 5.41) is 0.00421. The molecule has 0 saturated heterocycles. The zero-order valence-corrected chi connectivity index (χ0v) is 10.6. The van der Waals surface area contributed by atoms with Gasteiger partial charge in [-0.05, 0) is 38.0 Å². The maximum Gasteiger partial charge on any atom is 0.202 e. The third-order valence-electron chi connectivity index (χ3n) is 3.31. The van der Waals surface area contributed by atoms with Crippen LogP contribution in [-0.4, -0.2) is 10.9 Å². The lowest BCUT2D eigenvalue weighted by molar-refractivity contribution is 0.112. The average molecular weight is 247 g/mol. The van der Waals surface area contributed by atoms with E-state index in [1.54, 1.807) is 24.5 Å². The van der Waals surface area contributed by atoms with Crippen LogP contribution < -0.4 is 5.43 Å². The molecule has 0 N–H and O–H groups in total. The van der Waals surface area contributed by atoms with Crippen LogP contribution in [0.3, 0.4) is 0 Å². The Balaban J connectivity index is 3.10. The van der Waals surface area contributed by atoms with Gasteiger partial charge in [0.05, 0.1) is 16.5 Å². The molecule has 1 heterocycles. The second-order valence-electron chi connectivity index (χ2n) is 4.34. The summed E-state index contributed by atoms with van der Waals surface area (Å²) in [6.45, 7) is 5.88. The second kappa shape index (κ2) is 4.37. The number of aromatic nitrogens is 1. The topological polar surface area (TPSA) is 39.1 Å². The standard InChI is InChI=1S/C14H14FNO2/c1-4-16-6-10(7-17)14(18)12-11(16)5-8(2)9(3)13(12)15/h5-7H,4H2,1-3H3. The molecule has 0 amide bonds. The molecule has 1 aromatic carbocycles. The normalized spacial score (nSPS) is 10.9. The molecule has 0 unspecified atom stereocenters. The Kier molecular flexibility index (Phi) is 3.03. The Hall–Kier alpha value is -1.97. The first-order chi connectivity index (χ1) is 8.51. The number of carbonyl (C=O) groups excluding carboxylic acids is 1. The zero-order valence-electron chi connectivity index (χ0n) is 10.6. The van der Waals surface area contributed by atoms with E-state index in [1.807, 2.05) is 6.92 Å². The van der Waals surface area contributed by atoms with Crippen LogP contribution in [0.1, 0.15) is 28.4 Å². The number of hydrogen-bond donors (Lipinski definition) is 0. The van der Waals surface area contributed by atoms with E-state index in [1.165, 1.54) is 6.20 Å². The minimum atomic E-state index is -0.537. The number of aldehydes is 1. The summed E-state index contributed by atoms with van der Waals surface area (Å²) in [5.41, 5.74) is 1.23. The van der Waals surface area contributed by atoms with Gasteiger partial charge >= 0.3 is 0 Å². The molecule has 0 aliphatic rings. The van der Waals surface area contributed by atoms with Crippen LogP contribution in [0.4, 0.5) is 4.39 Å². The number of hydrogen-bond acceptors (Lipinski definition) is 2. The lowest BCUT2D eigenvalue weighted by Gasteiger charge is -2.12. The molecule has 0 spiro atoms. The minimum Gasteiger partial charge on any atom is -0.347 e. The van der Waals surface area contributed by atoms with E-state index >= 15 is 0 Å². The van der Waals surface area contributed by atoms with Crippen molar-refractivity contribution in [3.05, 3.63) is 45.0 Å². The molecule has 0 radical (unpaired) electrons. The highest BCUT2D eigenvalue weighted by molar-refractivity contribution is 5.87. The van der Waals surface area contributed by atoms with Crippen molar-refractivity contribution >= 4 is 17.2 Å². The zero-order chi connectivity index (χ0) is 13.4. The van der Waals surface area contributed by atoms with E-state index in [4.69, 9.17) is 0 Å². The Morgan fingerprint density at radius 1 is 1.39 bits per heavy atom. The van der Waals surface area contributed by atoms with Gasteiger partial charge in [0.15, 0.2) is 6.29 Å². The van der Waals surface area contributed by atoms with E-state index < -0.39 is 11.2 Å². The van der Waals surface area contributed by atoms with Gasteiger partial charge in [0, 0.05) is 12.7 Å². The van der Waals surface area contributed by atoms with Gasteiger partial charge in [-0.2, -0.15) is 0 Å². The third kappa shape index (κ3) is 1.65. The number of halogens is 1. The monoisotopic (exact) mass is 247 g/mol. The summed E-state index contributed by atoms with van der Waals surface area (Å²) in [6.07, 6.45) is 1.95. The summed E-state index contributed by atoms with van der Waals surface area (Å²) in [5.74, 6) is -0.527. The van der Waals surface area contributed by atoms with Gasteiger partial charge in [0.25, 0.3) is 0 Å². The molecule has 0 aliphatic heterocycles. The van der Waals surface area contributed by atoms with Crippen LogP contribution in [0.2, 0.25) is 0 Å². The lowest BCUT2D eigenvalue weighted by Crippen LogP contribution is -2.16. The summed E-state index contributed by atoms with van der Waals surface area (Å²) in [7, 11) is 0. The van der Waals surface area contributed by atoms with Gasteiger partial charge in [-0.1, -0.05) is 0 Å². The van der Waals surface area contributed by atoms with E-state index in [0.717, 1.165) is 5.56 Å². The van der Waals surface area contributed by atoms with Crippen molar-refractivity contribution in [3.8, 4) is 0 Å². The van der Waals surface area contributed by atoms with E-state index in [-0.39, 0.29) is 10.9 Å². The smallest absolute Gasteiger partial charge is 0.202 e. The summed E-state index contributed by atoms with van der Waals surface area (Å²) < 4.78 is 15.9. The van der Waals surface area contributed by atoms with Gasteiger partial charge in [0.1, 0.15) is 5.82 Å². The first-order valence-corrected chi connectivity index (χ1v) is 5.79. The van der Waals surface area contributed by atoms with E-state index in [0.29, 0.717) is 23.9 Å². The van der Waals surface area contributed by atoms with Gasteiger partial charge in [-0.15, -0.1) is 0 Å². The van der Waals surface area contributed by atoms with Crippen molar-refractivity contribution in [2.45, 2.75) is 27.3 Å². The highest BCUT2D eigenvalue weighted by Crippen LogP contribution is 2.22. The summed E-state index contributed by atoms with van der Waals surface area (Å²) in [4.78, 5) is 22.9. The number of fused-ring (bicyclic) bond motifs is 1. The molecule has 2 rings (SSSR count). The molecule has 4 heteroatoms. The maximum atomic E-state index is 14.2. The first kappa shape index (κ1) is 12.5. The van der Waals surface area contributed by atoms with Crippen LogP contribution in [0.15, 0.2) is 17.1 Å². The fourth-order valence-electron chi connectivity index (χ4n) is 2.09. The Bertz CT molecular complexity index is 701. The van der Waals surface area contributed by atoms with Crippen LogP contribution in [-0.2, 0) is 6.54 Å². The molecular formula is C14H14FNO2. The van der Waals surface area contributed by atoms with Crippen molar-refractivity contribution in [2.24, 2.45) is 0 Å². The van der Waals surface area contributed by atoms with Crippen molar-refractivity contribution in [3.63, 3.8) is 0 Å². The first-order valence-electron chi connectivity index (χ1n) is 5.79. The van der Waals surface area contributed by atoms with Crippen LogP contribution >= 0.6 is 0 Å². The fourth-order valence-corrected chi connectivity index (χ4v) is 2.09. The van der Waals surface area contributed by atoms with Gasteiger partial charge in [-0.25, -0.2) is 4.39 Å². The van der Waals surface area contributed by atoms with Crippen LogP contribution in [0, 0.1) is 19.7 Å². The highest BCUT2D eigenvalue weighted by Gasteiger charge is 2.15. The second-order valence-corrected chi connectivity index (χ2v) is 4.34. The van der Waals surface area contributed by atoms with Gasteiger partial charge in [0.2, 0.25) is 5.43 Å². The predicted molar refractivity (Wildman–Crippen MR) is 68.7 cm³/mol.